The van der Waals surface area contributed by atoms with E-state index in [0.717, 1.165) is 11.6 Å². The molecule has 0 nitrogen and oxygen atoms in total. The first-order valence-electron chi connectivity index (χ1n) is 9.04. The van der Waals surface area contributed by atoms with E-state index in [-0.39, 0.29) is 0 Å². The van der Waals surface area contributed by atoms with E-state index in [1.807, 2.05) is 6.08 Å². The summed E-state index contributed by atoms with van der Waals surface area (Å²) in [4.78, 5) is 0. The fourth-order valence-corrected chi connectivity index (χ4v) is 3.20. The Balaban J connectivity index is 0.000000701. The SMILES string of the molecule is C=CCc1c(=C)/c(=C\C)c(-c2ccccc2)c2ccccc12.CCC. The van der Waals surface area contributed by atoms with Gasteiger partial charge in [-0.25, -0.2) is 0 Å². The second kappa shape index (κ2) is 9.03. The van der Waals surface area contributed by atoms with E-state index in [1.54, 1.807) is 0 Å². The summed E-state index contributed by atoms with van der Waals surface area (Å²) in [5.74, 6) is 0. The van der Waals surface area contributed by atoms with Gasteiger partial charge in [-0.2, -0.15) is 0 Å². The smallest absolute Gasteiger partial charge is 0.00301 e. The van der Waals surface area contributed by atoms with Gasteiger partial charge in [0.25, 0.3) is 0 Å². The quantitative estimate of drug-likeness (QED) is 0.528. The van der Waals surface area contributed by atoms with Gasteiger partial charge in [-0.05, 0) is 51.2 Å². The molecule has 3 aromatic carbocycles. The van der Waals surface area contributed by atoms with E-state index < -0.39 is 0 Å². The highest BCUT2D eigenvalue weighted by Crippen LogP contribution is 2.26. The third-order valence-electron chi connectivity index (χ3n) is 4.18. The Labute approximate surface area is 151 Å². The van der Waals surface area contributed by atoms with Crippen LogP contribution in [0.15, 0.2) is 67.3 Å². The molecule has 0 aliphatic heterocycles. The third kappa shape index (κ3) is 3.91. The number of benzene rings is 3. The highest BCUT2D eigenvalue weighted by Gasteiger charge is 2.10. The van der Waals surface area contributed by atoms with E-state index in [0.29, 0.717) is 0 Å². The molecule has 0 saturated heterocycles. The fourth-order valence-electron chi connectivity index (χ4n) is 3.20. The number of allylic oxidation sites excluding steroid dienone is 1. The summed E-state index contributed by atoms with van der Waals surface area (Å²) in [6.07, 6.45) is 6.22. The second-order valence-corrected chi connectivity index (χ2v) is 6.15. The topological polar surface area (TPSA) is 0 Å². The van der Waals surface area contributed by atoms with Crippen LogP contribution in [0, 0.1) is 0 Å². The summed E-state index contributed by atoms with van der Waals surface area (Å²) >= 11 is 0. The van der Waals surface area contributed by atoms with Crippen LogP contribution in [0.1, 0.15) is 32.8 Å². The molecule has 0 atom stereocenters. The fraction of sp³-hybridized carbons (Fsp3) is 0.200. The number of hydrogen-bond acceptors (Lipinski definition) is 0. The first-order chi connectivity index (χ1) is 12.2. The Hall–Kier alpha value is -2.60. The van der Waals surface area contributed by atoms with Gasteiger partial charge in [-0.15, -0.1) is 6.58 Å². The van der Waals surface area contributed by atoms with Crippen molar-refractivity contribution in [2.24, 2.45) is 0 Å². The lowest BCUT2D eigenvalue weighted by atomic mass is 9.90. The predicted octanol–water partition coefficient (Wildman–Crippen LogP) is 5.86. The summed E-state index contributed by atoms with van der Waals surface area (Å²) < 4.78 is 0. The van der Waals surface area contributed by atoms with Crippen LogP contribution in [-0.4, -0.2) is 0 Å². The van der Waals surface area contributed by atoms with Crippen LogP contribution >= 0.6 is 0 Å². The van der Waals surface area contributed by atoms with E-state index in [9.17, 15) is 0 Å². The molecule has 0 N–H and O–H groups in total. The van der Waals surface area contributed by atoms with Crippen molar-refractivity contribution in [3.63, 3.8) is 0 Å². The summed E-state index contributed by atoms with van der Waals surface area (Å²) in [5.41, 5.74) is 3.79. The molecule has 0 spiro atoms. The number of hydrogen-bond donors (Lipinski definition) is 0. The van der Waals surface area contributed by atoms with Crippen LogP contribution in [0.3, 0.4) is 0 Å². The lowest BCUT2D eigenvalue weighted by molar-refractivity contribution is 1.09. The molecule has 0 heterocycles. The molecule has 0 aromatic heterocycles. The molecule has 3 rings (SSSR count). The van der Waals surface area contributed by atoms with Gasteiger partial charge in [0.15, 0.2) is 0 Å². The van der Waals surface area contributed by atoms with Gasteiger partial charge < -0.3 is 0 Å². The minimum atomic E-state index is 0.843. The molecule has 0 aliphatic rings. The largest absolute Gasteiger partial charge is 0.103 e. The van der Waals surface area contributed by atoms with Gasteiger partial charge in [0, 0.05) is 0 Å². The third-order valence-corrected chi connectivity index (χ3v) is 4.18. The van der Waals surface area contributed by atoms with Crippen LogP contribution in [0.4, 0.5) is 0 Å². The number of fused-ring (bicyclic) bond motifs is 1. The van der Waals surface area contributed by atoms with E-state index >= 15 is 0 Å². The van der Waals surface area contributed by atoms with Crippen molar-refractivity contribution in [1.82, 2.24) is 0 Å². The Morgan fingerprint density at radius 2 is 1.44 bits per heavy atom. The average molecular weight is 328 g/mol. The van der Waals surface area contributed by atoms with Gasteiger partial charge in [-0.3, -0.25) is 0 Å². The van der Waals surface area contributed by atoms with Crippen molar-refractivity contribution < 1.29 is 0 Å². The van der Waals surface area contributed by atoms with Crippen LogP contribution in [-0.2, 0) is 6.42 Å². The molecule has 0 amide bonds. The van der Waals surface area contributed by atoms with Crippen LogP contribution < -0.4 is 10.4 Å². The summed E-state index contributed by atoms with van der Waals surface area (Å²) in [5, 5.41) is 4.89. The molecule has 0 bridgehead atoms. The van der Waals surface area contributed by atoms with Gasteiger partial charge >= 0.3 is 0 Å². The van der Waals surface area contributed by atoms with Crippen molar-refractivity contribution in [3.05, 3.63) is 83.3 Å². The van der Waals surface area contributed by atoms with E-state index in [1.165, 1.54) is 39.1 Å². The van der Waals surface area contributed by atoms with Crippen molar-refractivity contribution >= 4 is 23.4 Å². The van der Waals surface area contributed by atoms with Crippen molar-refractivity contribution in [1.29, 1.82) is 0 Å². The minimum Gasteiger partial charge on any atom is -0.103 e. The molecule has 0 unspecified atom stereocenters. The lowest BCUT2D eigenvalue weighted by Gasteiger charge is -2.13. The summed E-state index contributed by atoms with van der Waals surface area (Å²) in [6.45, 7) is 14.6. The monoisotopic (exact) mass is 328 g/mol. The van der Waals surface area contributed by atoms with Crippen LogP contribution in [0.25, 0.3) is 34.6 Å². The molecule has 0 radical (unpaired) electrons. The first-order valence-corrected chi connectivity index (χ1v) is 9.04. The minimum absolute atomic E-state index is 0.843. The van der Waals surface area contributed by atoms with Gasteiger partial charge in [0.1, 0.15) is 0 Å². The summed E-state index contributed by atoms with van der Waals surface area (Å²) in [6, 6.07) is 19.2. The molecule has 25 heavy (non-hydrogen) atoms. The highest BCUT2D eigenvalue weighted by molar-refractivity contribution is 5.99. The Morgan fingerprint density at radius 1 is 0.880 bits per heavy atom. The van der Waals surface area contributed by atoms with Gasteiger partial charge in [0.05, 0.1) is 0 Å². The van der Waals surface area contributed by atoms with E-state index in [2.05, 4.69) is 94.6 Å². The van der Waals surface area contributed by atoms with E-state index in [4.69, 9.17) is 0 Å². The molecule has 128 valence electrons. The van der Waals surface area contributed by atoms with Crippen LogP contribution in [0.5, 0.6) is 0 Å². The Bertz CT molecular complexity index is 947. The summed E-state index contributed by atoms with van der Waals surface area (Å²) in [7, 11) is 0. The standard InChI is InChI=1S/C22H20.C3H8/c1-4-11-19-16(3)18(5-2)22(17-12-7-6-8-13-17)21-15-10-9-14-20(19)21;1-3-2/h4-10,12-15H,1,3,11H2,2H3;3H2,1-2H3/b18-5+;. The van der Waals surface area contributed by atoms with Gasteiger partial charge in [0.2, 0.25) is 0 Å². The average Bonchev–Trinajstić information content (AvgIpc) is 2.65. The maximum absolute atomic E-state index is 4.37. The lowest BCUT2D eigenvalue weighted by Crippen LogP contribution is -2.29. The molecular formula is C25H28. The molecule has 3 aromatic rings. The zero-order valence-corrected chi connectivity index (χ0v) is 15.7. The molecule has 0 fully saturated rings. The second-order valence-electron chi connectivity index (χ2n) is 6.15. The Morgan fingerprint density at radius 3 is 2.00 bits per heavy atom. The van der Waals surface area contributed by atoms with Crippen LogP contribution in [0.2, 0.25) is 0 Å². The van der Waals surface area contributed by atoms with Crippen molar-refractivity contribution in [2.75, 3.05) is 0 Å². The maximum Gasteiger partial charge on any atom is -0.00301 e. The first kappa shape index (κ1) is 18.7. The van der Waals surface area contributed by atoms with Gasteiger partial charge in [-0.1, -0.05) is 93.6 Å². The normalized spacial score (nSPS) is 11.1. The molecule has 0 saturated carbocycles. The molecule has 0 heteroatoms. The van der Waals surface area contributed by atoms with Crippen molar-refractivity contribution in [2.45, 2.75) is 33.6 Å². The zero-order valence-electron chi connectivity index (χ0n) is 15.7. The molecular weight excluding hydrogens is 300 g/mol. The maximum atomic E-state index is 4.37. The highest BCUT2D eigenvalue weighted by atomic mass is 14.1. The zero-order chi connectivity index (χ0) is 18.2. The predicted molar refractivity (Wildman–Crippen MR) is 114 cm³/mol. The van der Waals surface area contributed by atoms with Crippen molar-refractivity contribution in [3.8, 4) is 11.1 Å². The molecule has 0 aliphatic carbocycles. The Kier molecular flexibility index (Phi) is 6.77. The number of rotatable bonds is 3.